The number of benzene rings is 1. The molecule has 2 heterocycles. The first-order valence-corrected chi connectivity index (χ1v) is 6.43. The highest BCUT2D eigenvalue weighted by molar-refractivity contribution is 9.10. The Morgan fingerprint density at radius 3 is 2.94 bits per heavy atom. The van der Waals surface area contributed by atoms with Crippen LogP contribution in [0, 0.1) is 0 Å². The molecule has 5 heteroatoms. The van der Waals surface area contributed by atoms with Crippen molar-refractivity contribution in [3.8, 4) is 11.5 Å². The first-order valence-electron chi connectivity index (χ1n) is 5.63. The van der Waals surface area contributed by atoms with Gasteiger partial charge in [0.1, 0.15) is 0 Å². The van der Waals surface area contributed by atoms with Crippen LogP contribution in [0.25, 0.3) is 11.5 Å². The highest BCUT2D eigenvalue weighted by Gasteiger charge is 2.23. The molecule has 0 amide bonds. The lowest BCUT2D eigenvalue weighted by Crippen LogP contribution is -2.08. The normalized spacial score (nSPS) is 19.7. The molecule has 2 aromatic rings. The summed E-state index contributed by atoms with van der Waals surface area (Å²) >= 11 is 3.49. The van der Waals surface area contributed by atoms with Gasteiger partial charge in [0, 0.05) is 11.0 Å². The zero-order valence-electron chi connectivity index (χ0n) is 9.19. The fourth-order valence-corrected chi connectivity index (χ4v) is 2.46. The topological polar surface area (TPSA) is 51.0 Å². The molecule has 0 aliphatic carbocycles. The lowest BCUT2D eigenvalue weighted by Gasteiger charge is -2.00. The minimum atomic E-state index is 0.360. The Kier molecular flexibility index (Phi) is 2.94. The highest BCUT2D eigenvalue weighted by Crippen LogP contribution is 2.29. The van der Waals surface area contributed by atoms with E-state index in [9.17, 15) is 0 Å². The molecule has 0 bridgehead atoms. The van der Waals surface area contributed by atoms with E-state index in [2.05, 4.69) is 31.4 Å². The Hall–Kier alpha value is -1.20. The predicted molar refractivity (Wildman–Crippen MR) is 67.7 cm³/mol. The molecule has 1 aliphatic heterocycles. The van der Waals surface area contributed by atoms with Gasteiger partial charge in [-0.15, -0.1) is 10.2 Å². The highest BCUT2D eigenvalue weighted by atomic mass is 79.9. The summed E-state index contributed by atoms with van der Waals surface area (Å²) in [6.45, 7) is 1.95. The first-order chi connectivity index (χ1) is 8.34. The van der Waals surface area contributed by atoms with Crippen LogP contribution < -0.4 is 5.32 Å². The van der Waals surface area contributed by atoms with E-state index in [1.54, 1.807) is 0 Å². The molecule has 4 nitrogen and oxygen atoms in total. The lowest BCUT2D eigenvalue weighted by molar-refractivity contribution is 0.467. The average molecular weight is 294 g/mol. The van der Waals surface area contributed by atoms with Crippen molar-refractivity contribution in [1.29, 1.82) is 0 Å². The van der Waals surface area contributed by atoms with Gasteiger partial charge < -0.3 is 9.73 Å². The Balaban J connectivity index is 1.92. The zero-order chi connectivity index (χ0) is 11.7. The van der Waals surface area contributed by atoms with Gasteiger partial charge in [0.2, 0.25) is 11.8 Å². The SMILES string of the molecule is Brc1ccccc1-c1nnc(C2CCNC2)o1. The minimum absolute atomic E-state index is 0.360. The van der Waals surface area contributed by atoms with Crippen molar-refractivity contribution >= 4 is 15.9 Å². The van der Waals surface area contributed by atoms with Gasteiger partial charge in [-0.1, -0.05) is 12.1 Å². The first kappa shape index (κ1) is 10.9. The number of nitrogens with one attached hydrogen (secondary N) is 1. The van der Waals surface area contributed by atoms with Gasteiger partial charge in [-0.25, -0.2) is 0 Å². The van der Waals surface area contributed by atoms with Gasteiger partial charge in [-0.2, -0.15) is 0 Å². The number of nitrogens with zero attached hydrogens (tertiary/aromatic N) is 2. The van der Waals surface area contributed by atoms with E-state index in [1.807, 2.05) is 24.3 Å². The molecule has 1 N–H and O–H groups in total. The monoisotopic (exact) mass is 293 g/mol. The van der Waals surface area contributed by atoms with Crippen molar-refractivity contribution in [1.82, 2.24) is 15.5 Å². The van der Waals surface area contributed by atoms with Crippen LogP contribution in [0.15, 0.2) is 33.2 Å². The summed E-state index contributed by atoms with van der Waals surface area (Å²) in [7, 11) is 0. The van der Waals surface area contributed by atoms with Crippen LogP contribution in [0.2, 0.25) is 0 Å². The standard InChI is InChI=1S/C12H12BrN3O/c13-10-4-2-1-3-9(10)12-16-15-11(17-12)8-5-6-14-7-8/h1-4,8,14H,5-7H2. The van der Waals surface area contributed by atoms with Gasteiger partial charge in [0.15, 0.2) is 0 Å². The van der Waals surface area contributed by atoms with Crippen LogP contribution in [-0.4, -0.2) is 23.3 Å². The minimum Gasteiger partial charge on any atom is -0.420 e. The van der Waals surface area contributed by atoms with Crippen LogP contribution in [0.1, 0.15) is 18.2 Å². The second-order valence-corrected chi connectivity index (χ2v) is 4.97. The quantitative estimate of drug-likeness (QED) is 0.925. The number of halogens is 1. The molecule has 1 atom stereocenters. The number of rotatable bonds is 2. The molecule has 1 saturated heterocycles. The van der Waals surface area contributed by atoms with E-state index in [0.717, 1.165) is 35.4 Å². The van der Waals surface area contributed by atoms with E-state index in [-0.39, 0.29) is 0 Å². The van der Waals surface area contributed by atoms with Crippen molar-refractivity contribution in [2.45, 2.75) is 12.3 Å². The maximum atomic E-state index is 5.74. The van der Waals surface area contributed by atoms with Crippen molar-refractivity contribution in [2.75, 3.05) is 13.1 Å². The van der Waals surface area contributed by atoms with Gasteiger partial charge in [0.25, 0.3) is 0 Å². The van der Waals surface area contributed by atoms with Crippen LogP contribution in [0.5, 0.6) is 0 Å². The summed E-state index contributed by atoms with van der Waals surface area (Å²) in [6.07, 6.45) is 1.07. The molecule has 17 heavy (non-hydrogen) atoms. The molecule has 1 aromatic heterocycles. The molecule has 3 rings (SSSR count). The summed E-state index contributed by atoms with van der Waals surface area (Å²) in [4.78, 5) is 0. The molecule has 1 aromatic carbocycles. The lowest BCUT2D eigenvalue weighted by atomic mass is 10.1. The van der Waals surface area contributed by atoms with Crippen LogP contribution in [0.3, 0.4) is 0 Å². The molecule has 1 aliphatic rings. The Labute approximate surface area is 108 Å². The average Bonchev–Trinajstić information content (AvgIpc) is 3.00. The van der Waals surface area contributed by atoms with E-state index >= 15 is 0 Å². The molecule has 1 fully saturated rings. The molecule has 0 spiro atoms. The third kappa shape index (κ3) is 2.12. The molecule has 1 unspecified atom stereocenters. The number of hydrogen-bond donors (Lipinski definition) is 1. The van der Waals surface area contributed by atoms with Crippen LogP contribution in [-0.2, 0) is 0 Å². The molecule has 88 valence electrons. The third-order valence-corrected chi connectivity index (χ3v) is 3.65. The maximum absolute atomic E-state index is 5.74. The van der Waals surface area contributed by atoms with Crippen LogP contribution >= 0.6 is 15.9 Å². The van der Waals surface area contributed by atoms with Crippen molar-refractivity contribution in [2.24, 2.45) is 0 Å². The van der Waals surface area contributed by atoms with E-state index in [4.69, 9.17) is 4.42 Å². The van der Waals surface area contributed by atoms with Gasteiger partial charge in [-0.05, 0) is 41.0 Å². The second-order valence-electron chi connectivity index (χ2n) is 4.12. The molecule has 0 radical (unpaired) electrons. The summed E-state index contributed by atoms with van der Waals surface area (Å²) in [6, 6.07) is 7.86. The Bertz CT molecular complexity index is 520. The van der Waals surface area contributed by atoms with Gasteiger partial charge in [-0.3, -0.25) is 0 Å². The maximum Gasteiger partial charge on any atom is 0.248 e. The van der Waals surface area contributed by atoms with Gasteiger partial charge >= 0.3 is 0 Å². The van der Waals surface area contributed by atoms with Gasteiger partial charge in [0.05, 0.1) is 11.5 Å². The van der Waals surface area contributed by atoms with E-state index in [1.165, 1.54) is 0 Å². The molecular formula is C12H12BrN3O. The smallest absolute Gasteiger partial charge is 0.248 e. The summed E-state index contributed by atoms with van der Waals surface area (Å²) in [5, 5.41) is 11.5. The van der Waals surface area contributed by atoms with Crippen molar-refractivity contribution in [3.05, 3.63) is 34.6 Å². The fraction of sp³-hybridized carbons (Fsp3) is 0.333. The van der Waals surface area contributed by atoms with Crippen molar-refractivity contribution < 1.29 is 4.42 Å². The molecule has 0 saturated carbocycles. The summed E-state index contributed by atoms with van der Waals surface area (Å²) < 4.78 is 6.71. The molecular weight excluding hydrogens is 282 g/mol. The largest absolute Gasteiger partial charge is 0.420 e. The number of hydrogen-bond acceptors (Lipinski definition) is 4. The summed E-state index contributed by atoms with van der Waals surface area (Å²) in [5.41, 5.74) is 0.942. The Morgan fingerprint density at radius 1 is 1.29 bits per heavy atom. The van der Waals surface area contributed by atoms with E-state index < -0.39 is 0 Å². The fourth-order valence-electron chi connectivity index (χ4n) is 2.01. The number of aromatic nitrogens is 2. The van der Waals surface area contributed by atoms with Crippen LogP contribution in [0.4, 0.5) is 0 Å². The summed E-state index contributed by atoms with van der Waals surface area (Å²) in [5.74, 6) is 1.68. The zero-order valence-corrected chi connectivity index (χ0v) is 10.8. The van der Waals surface area contributed by atoms with Crippen molar-refractivity contribution in [3.63, 3.8) is 0 Å². The van der Waals surface area contributed by atoms with E-state index in [0.29, 0.717) is 11.8 Å². The predicted octanol–water partition coefficient (Wildman–Crippen LogP) is 2.58. The Morgan fingerprint density at radius 2 is 2.18 bits per heavy atom. The second kappa shape index (κ2) is 4.58. The third-order valence-electron chi connectivity index (χ3n) is 2.95.